The smallest absolute Gasteiger partial charge is 0.248 e. The Morgan fingerprint density at radius 1 is 1.20 bits per heavy atom. The predicted molar refractivity (Wildman–Crippen MR) is 97.5 cm³/mol. The molecule has 4 nitrogen and oxygen atoms in total. The van der Waals surface area contributed by atoms with Crippen LogP contribution in [0.15, 0.2) is 48.5 Å². The van der Waals surface area contributed by atoms with E-state index in [1.54, 1.807) is 43.5 Å². The van der Waals surface area contributed by atoms with Crippen molar-refractivity contribution in [1.29, 1.82) is 0 Å². The zero-order valence-corrected chi connectivity index (χ0v) is 14.4. The highest BCUT2D eigenvalue weighted by molar-refractivity contribution is 6.02. The van der Waals surface area contributed by atoms with Gasteiger partial charge in [-0.3, -0.25) is 4.79 Å². The first-order chi connectivity index (χ1) is 12.1. The van der Waals surface area contributed by atoms with Gasteiger partial charge in [0.2, 0.25) is 5.91 Å². The minimum Gasteiger partial charge on any atom is -0.497 e. The van der Waals surface area contributed by atoms with Crippen LogP contribution in [0.1, 0.15) is 25.3 Å². The van der Waals surface area contributed by atoms with E-state index >= 15 is 0 Å². The summed E-state index contributed by atoms with van der Waals surface area (Å²) in [6.07, 6.45) is 4.97. The summed E-state index contributed by atoms with van der Waals surface area (Å²) in [6, 6.07) is 11.2. The molecule has 0 radical (unpaired) electrons. The van der Waals surface area contributed by atoms with Crippen LogP contribution >= 0.6 is 0 Å². The van der Waals surface area contributed by atoms with Gasteiger partial charge >= 0.3 is 0 Å². The molecule has 0 atom stereocenters. The van der Waals surface area contributed by atoms with Crippen LogP contribution in [0, 0.1) is 5.82 Å². The van der Waals surface area contributed by atoms with Gasteiger partial charge in [0, 0.05) is 12.1 Å². The molecular formula is C20H22FNO3. The van der Waals surface area contributed by atoms with Gasteiger partial charge in [-0.15, -0.1) is 0 Å². The van der Waals surface area contributed by atoms with Gasteiger partial charge in [0.05, 0.1) is 19.4 Å². The topological polar surface area (TPSA) is 47.6 Å². The van der Waals surface area contributed by atoms with E-state index in [2.05, 4.69) is 12.2 Å². The molecule has 0 unspecified atom stereocenters. The van der Waals surface area contributed by atoms with E-state index in [1.165, 1.54) is 18.2 Å². The number of unbranched alkanes of at least 4 members (excludes halogenated alkanes) is 1. The molecule has 0 saturated carbocycles. The molecule has 0 spiro atoms. The Morgan fingerprint density at radius 2 is 1.96 bits per heavy atom. The van der Waals surface area contributed by atoms with Crippen LogP contribution in [0.4, 0.5) is 10.1 Å². The van der Waals surface area contributed by atoms with Crippen molar-refractivity contribution >= 4 is 17.7 Å². The lowest BCUT2D eigenvalue weighted by Gasteiger charge is -2.13. The molecule has 2 aromatic carbocycles. The lowest BCUT2D eigenvalue weighted by molar-refractivity contribution is -0.111. The normalized spacial score (nSPS) is 10.7. The highest BCUT2D eigenvalue weighted by Crippen LogP contribution is 2.29. The molecule has 0 aliphatic carbocycles. The summed E-state index contributed by atoms with van der Waals surface area (Å²) >= 11 is 0. The lowest BCUT2D eigenvalue weighted by atomic mass is 10.2. The Balaban J connectivity index is 2.08. The van der Waals surface area contributed by atoms with Crippen molar-refractivity contribution in [3.8, 4) is 11.5 Å². The Bertz CT molecular complexity index is 726. The van der Waals surface area contributed by atoms with E-state index in [0.717, 1.165) is 18.4 Å². The zero-order chi connectivity index (χ0) is 18.1. The van der Waals surface area contributed by atoms with Crippen LogP contribution in [-0.2, 0) is 4.79 Å². The Morgan fingerprint density at radius 3 is 2.64 bits per heavy atom. The highest BCUT2D eigenvalue weighted by atomic mass is 19.1. The maximum Gasteiger partial charge on any atom is 0.248 e. The molecular weight excluding hydrogens is 321 g/mol. The Kier molecular flexibility index (Phi) is 7.01. The number of amides is 1. The van der Waals surface area contributed by atoms with Crippen molar-refractivity contribution in [2.24, 2.45) is 0 Å². The number of hydrogen-bond acceptors (Lipinski definition) is 3. The van der Waals surface area contributed by atoms with Crippen LogP contribution in [-0.4, -0.2) is 19.6 Å². The van der Waals surface area contributed by atoms with E-state index in [0.29, 0.717) is 23.8 Å². The van der Waals surface area contributed by atoms with Crippen molar-refractivity contribution in [3.05, 3.63) is 59.9 Å². The number of halogens is 1. The molecule has 0 saturated heterocycles. The summed E-state index contributed by atoms with van der Waals surface area (Å²) < 4.78 is 23.8. The molecule has 0 aliphatic rings. The number of anilines is 1. The van der Waals surface area contributed by atoms with E-state index in [4.69, 9.17) is 9.47 Å². The minimum absolute atomic E-state index is 0.307. The second-order valence-corrected chi connectivity index (χ2v) is 5.44. The van der Waals surface area contributed by atoms with Gasteiger partial charge in [0.15, 0.2) is 0 Å². The van der Waals surface area contributed by atoms with Crippen molar-refractivity contribution in [2.45, 2.75) is 19.8 Å². The SMILES string of the molecule is CCCCOc1ccc(OC)cc1NC(=O)/C=C/c1ccc(F)cc1. The largest absolute Gasteiger partial charge is 0.497 e. The van der Waals surface area contributed by atoms with Crippen LogP contribution in [0.5, 0.6) is 11.5 Å². The molecule has 0 bridgehead atoms. The van der Waals surface area contributed by atoms with E-state index in [1.807, 2.05) is 0 Å². The molecule has 0 fully saturated rings. The van der Waals surface area contributed by atoms with E-state index < -0.39 is 0 Å². The number of methoxy groups -OCH3 is 1. The number of carbonyl (C=O) groups is 1. The van der Waals surface area contributed by atoms with Gasteiger partial charge < -0.3 is 14.8 Å². The molecule has 1 N–H and O–H groups in total. The lowest BCUT2D eigenvalue weighted by Crippen LogP contribution is -2.10. The van der Waals surface area contributed by atoms with Crippen LogP contribution < -0.4 is 14.8 Å². The summed E-state index contributed by atoms with van der Waals surface area (Å²) in [5.74, 6) is 0.600. The first kappa shape index (κ1) is 18.5. The molecule has 25 heavy (non-hydrogen) atoms. The number of ether oxygens (including phenoxy) is 2. The Labute approximate surface area is 147 Å². The molecule has 0 aromatic heterocycles. The van der Waals surface area contributed by atoms with Gasteiger partial charge in [0.1, 0.15) is 17.3 Å². The van der Waals surface area contributed by atoms with Crippen LogP contribution in [0.3, 0.4) is 0 Å². The predicted octanol–water partition coefficient (Wildman–Crippen LogP) is 4.67. The fourth-order valence-electron chi connectivity index (χ4n) is 2.11. The van der Waals surface area contributed by atoms with Crippen molar-refractivity contribution in [1.82, 2.24) is 0 Å². The van der Waals surface area contributed by atoms with Crippen molar-refractivity contribution < 1.29 is 18.7 Å². The van der Waals surface area contributed by atoms with Gasteiger partial charge in [0.25, 0.3) is 0 Å². The second kappa shape index (κ2) is 9.47. The van der Waals surface area contributed by atoms with Gasteiger partial charge in [-0.25, -0.2) is 4.39 Å². The fraction of sp³-hybridized carbons (Fsp3) is 0.250. The quantitative estimate of drug-likeness (QED) is 0.560. The summed E-state index contributed by atoms with van der Waals surface area (Å²) in [5.41, 5.74) is 1.28. The maximum absolute atomic E-state index is 12.9. The van der Waals surface area contributed by atoms with Gasteiger partial charge in [-0.1, -0.05) is 25.5 Å². The molecule has 0 aliphatic heterocycles. The van der Waals surface area contributed by atoms with E-state index in [9.17, 15) is 9.18 Å². The van der Waals surface area contributed by atoms with Crippen LogP contribution in [0.2, 0.25) is 0 Å². The average molecular weight is 343 g/mol. The maximum atomic E-state index is 12.9. The number of rotatable bonds is 8. The first-order valence-corrected chi connectivity index (χ1v) is 8.18. The average Bonchev–Trinajstić information content (AvgIpc) is 2.62. The fourth-order valence-corrected chi connectivity index (χ4v) is 2.11. The minimum atomic E-state index is -0.313. The van der Waals surface area contributed by atoms with Crippen molar-refractivity contribution in [3.63, 3.8) is 0 Å². The number of benzene rings is 2. The molecule has 5 heteroatoms. The van der Waals surface area contributed by atoms with E-state index in [-0.39, 0.29) is 11.7 Å². The van der Waals surface area contributed by atoms with Gasteiger partial charge in [-0.2, -0.15) is 0 Å². The molecule has 132 valence electrons. The summed E-state index contributed by atoms with van der Waals surface area (Å²) in [4.78, 5) is 12.2. The second-order valence-electron chi connectivity index (χ2n) is 5.44. The molecule has 1 amide bonds. The number of hydrogen-bond donors (Lipinski definition) is 1. The van der Waals surface area contributed by atoms with Crippen LogP contribution in [0.25, 0.3) is 6.08 Å². The standard InChI is InChI=1S/C20H22FNO3/c1-3-4-13-25-19-11-10-17(24-2)14-18(19)22-20(23)12-7-15-5-8-16(21)9-6-15/h5-12,14H,3-4,13H2,1-2H3,(H,22,23)/b12-7+. The third-order valence-electron chi connectivity index (χ3n) is 3.50. The third kappa shape index (κ3) is 5.95. The van der Waals surface area contributed by atoms with Crippen molar-refractivity contribution in [2.75, 3.05) is 19.0 Å². The Hall–Kier alpha value is -2.82. The number of nitrogens with one attached hydrogen (secondary N) is 1. The zero-order valence-electron chi connectivity index (χ0n) is 14.4. The summed E-state index contributed by atoms with van der Waals surface area (Å²) in [5, 5.41) is 2.79. The first-order valence-electron chi connectivity index (χ1n) is 8.18. The summed E-state index contributed by atoms with van der Waals surface area (Å²) in [6.45, 7) is 2.66. The molecule has 0 heterocycles. The number of carbonyl (C=O) groups excluding carboxylic acids is 1. The highest BCUT2D eigenvalue weighted by Gasteiger charge is 2.08. The summed E-state index contributed by atoms with van der Waals surface area (Å²) in [7, 11) is 1.56. The third-order valence-corrected chi connectivity index (χ3v) is 3.50. The molecule has 2 rings (SSSR count). The van der Waals surface area contributed by atoms with Gasteiger partial charge in [-0.05, 0) is 42.3 Å². The monoisotopic (exact) mass is 343 g/mol. The molecule has 2 aromatic rings.